The van der Waals surface area contributed by atoms with Crippen molar-refractivity contribution in [1.82, 2.24) is 4.98 Å². The Bertz CT molecular complexity index is 538. The van der Waals surface area contributed by atoms with Gasteiger partial charge in [-0.05, 0) is 30.2 Å². The Kier molecular flexibility index (Phi) is 3.98. The fourth-order valence-corrected chi connectivity index (χ4v) is 1.67. The molecular formula is C11H14ClN3O2. The molecule has 17 heavy (non-hydrogen) atoms. The van der Waals surface area contributed by atoms with E-state index in [1.54, 1.807) is 24.4 Å². The molecule has 6 heteroatoms. The number of aromatic amines is 1. The molecule has 2 rings (SSSR count). The summed E-state index contributed by atoms with van der Waals surface area (Å²) in [6, 6.07) is 4.29. The lowest BCUT2D eigenvalue weighted by Crippen LogP contribution is -2.38. The summed E-state index contributed by atoms with van der Waals surface area (Å²) >= 11 is 0. The van der Waals surface area contributed by atoms with E-state index in [2.05, 4.69) is 4.98 Å². The Morgan fingerprint density at radius 2 is 2.18 bits per heavy atom. The summed E-state index contributed by atoms with van der Waals surface area (Å²) in [6.45, 7) is 0. The number of H-pyrrole nitrogens is 1. The van der Waals surface area contributed by atoms with Crippen LogP contribution in [0.2, 0.25) is 0 Å². The van der Waals surface area contributed by atoms with Gasteiger partial charge in [0.05, 0.1) is 6.04 Å². The molecular weight excluding hydrogens is 242 g/mol. The summed E-state index contributed by atoms with van der Waals surface area (Å²) in [5.41, 5.74) is 12.5. The molecule has 0 saturated carbocycles. The van der Waals surface area contributed by atoms with E-state index in [4.69, 9.17) is 11.5 Å². The molecule has 0 aliphatic rings. The first-order valence-corrected chi connectivity index (χ1v) is 4.92. The maximum atomic E-state index is 10.9. The zero-order valence-corrected chi connectivity index (χ0v) is 9.83. The van der Waals surface area contributed by atoms with Crippen molar-refractivity contribution in [2.75, 3.05) is 0 Å². The van der Waals surface area contributed by atoms with Gasteiger partial charge in [0.25, 0.3) is 0 Å². The summed E-state index contributed by atoms with van der Waals surface area (Å²) in [5, 5.41) is 10.2. The van der Waals surface area contributed by atoms with Crippen LogP contribution in [0.4, 0.5) is 0 Å². The normalized spacial score (nSPS) is 12.1. The highest BCUT2D eigenvalue weighted by atomic mass is 35.5. The molecule has 1 aromatic heterocycles. The SMILES string of the molecule is Cl.NC(=O)C(N)Cc1c[nH]c2ccc(O)cc12. The van der Waals surface area contributed by atoms with Crippen LogP contribution in [0.15, 0.2) is 24.4 Å². The topological polar surface area (TPSA) is 105 Å². The Balaban J connectivity index is 0.00000144. The number of halogens is 1. The van der Waals surface area contributed by atoms with E-state index in [1.165, 1.54) is 0 Å². The monoisotopic (exact) mass is 255 g/mol. The molecule has 0 bridgehead atoms. The third kappa shape index (κ3) is 2.69. The van der Waals surface area contributed by atoms with Crippen LogP contribution in [-0.4, -0.2) is 22.0 Å². The number of hydrogen-bond acceptors (Lipinski definition) is 3. The van der Waals surface area contributed by atoms with E-state index in [0.29, 0.717) is 6.42 Å². The standard InChI is InChI=1S/C11H13N3O2.ClH/c12-9(11(13)16)3-6-5-14-10-2-1-7(15)4-8(6)10;/h1-2,4-5,9,14-15H,3,12H2,(H2,13,16);1H. The Morgan fingerprint density at radius 3 is 2.82 bits per heavy atom. The number of carbonyl (C=O) groups excluding carboxylic acids is 1. The third-order valence-corrected chi connectivity index (χ3v) is 2.56. The maximum Gasteiger partial charge on any atom is 0.234 e. The predicted octanol–water partition coefficient (Wildman–Crippen LogP) is 0.650. The summed E-state index contributed by atoms with van der Waals surface area (Å²) < 4.78 is 0. The molecule has 2 aromatic rings. The van der Waals surface area contributed by atoms with Gasteiger partial charge in [0, 0.05) is 17.1 Å². The van der Waals surface area contributed by atoms with Gasteiger partial charge in [-0.3, -0.25) is 4.79 Å². The van der Waals surface area contributed by atoms with Crippen molar-refractivity contribution < 1.29 is 9.90 Å². The number of phenols is 1. The van der Waals surface area contributed by atoms with Gasteiger partial charge in [0.1, 0.15) is 5.75 Å². The molecule has 92 valence electrons. The number of rotatable bonds is 3. The molecule has 0 saturated heterocycles. The van der Waals surface area contributed by atoms with Crippen molar-refractivity contribution in [1.29, 1.82) is 0 Å². The van der Waals surface area contributed by atoms with E-state index in [-0.39, 0.29) is 18.2 Å². The molecule has 1 heterocycles. The van der Waals surface area contributed by atoms with E-state index in [1.807, 2.05) is 0 Å². The Labute approximate surface area is 104 Å². The average molecular weight is 256 g/mol. The van der Waals surface area contributed by atoms with Crippen molar-refractivity contribution in [3.8, 4) is 5.75 Å². The van der Waals surface area contributed by atoms with Crippen molar-refractivity contribution in [2.24, 2.45) is 11.5 Å². The van der Waals surface area contributed by atoms with Crippen LogP contribution in [0.5, 0.6) is 5.75 Å². The van der Waals surface area contributed by atoms with Crippen molar-refractivity contribution in [2.45, 2.75) is 12.5 Å². The molecule has 0 fully saturated rings. The minimum atomic E-state index is -0.707. The summed E-state index contributed by atoms with van der Waals surface area (Å²) in [4.78, 5) is 13.9. The molecule has 1 unspecified atom stereocenters. The summed E-state index contributed by atoms with van der Waals surface area (Å²) in [6.07, 6.45) is 2.13. The molecule has 5 nitrogen and oxygen atoms in total. The molecule has 1 atom stereocenters. The lowest BCUT2D eigenvalue weighted by molar-refractivity contribution is -0.119. The molecule has 0 aliphatic carbocycles. The third-order valence-electron chi connectivity index (χ3n) is 2.56. The number of nitrogens with one attached hydrogen (secondary N) is 1. The van der Waals surface area contributed by atoms with Gasteiger partial charge in [-0.25, -0.2) is 0 Å². The minimum absolute atomic E-state index is 0. The number of amides is 1. The van der Waals surface area contributed by atoms with Crippen LogP contribution in [0.3, 0.4) is 0 Å². The molecule has 6 N–H and O–H groups in total. The fourth-order valence-electron chi connectivity index (χ4n) is 1.67. The number of carbonyl (C=O) groups is 1. The maximum absolute atomic E-state index is 10.9. The number of fused-ring (bicyclic) bond motifs is 1. The number of benzene rings is 1. The minimum Gasteiger partial charge on any atom is -0.508 e. The first-order valence-electron chi connectivity index (χ1n) is 4.92. The quantitative estimate of drug-likeness (QED) is 0.647. The van der Waals surface area contributed by atoms with Crippen molar-refractivity contribution in [3.05, 3.63) is 30.0 Å². The van der Waals surface area contributed by atoms with E-state index < -0.39 is 11.9 Å². The second-order valence-corrected chi connectivity index (χ2v) is 3.76. The van der Waals surface area contributed by atoms with Gasteiger partial charge in [0.15, 0.2) is 0 Å². The molecule has 0 radical (unpaired) electrons. The number of hydrogen-bond donors (Lipinski definition) is 4. The molecule has 0 spiro atoms. The second-order valence-electron chi connectivity index (χ2n) is 3.76. The Morgan fingerprint density at radius 1 is 1.47 bits per heavy atom. The van der Waals surface area contributed by atoms with E-state index in [9.17, 15) is 9.90 Å². The second kappa shape index (κ2) is 5.07. The number of aromatic hydroxyl groups is 1. The summed E-state index contributed by atoms with van der Waals surface area (Å²) in [5.74, 6) is -0.351. The number of aromatic nitrogens is 1. The molecule has 0 aliphatic heterocycles. The molecule has 1 amide bonds. The van der Waals surface area contributed by atoms with E-state index >= 15 is 0 Å². The number of nitrogens with two attached hydrogens (primary N) is 2. The van der Waals surface area contributed by atoms with Crippen LogP contribution in [0.1, 0.15) is 5.56 Å². The van der Waals surface area contributed by atoms with Crippen LogP contribution < -0.4 is 11.5 Å². The van der Waals surface area contributed by atoms with Crippen molar-refractivity contribution >= 4 is 29.2 Å². The zero-order chi connectivity index (χ0) is 11.7. The van der Waals surface area contributed by atoms with Crippen LogP contribution in [0, 0.1) is 0 Å². The highest BCUT2D eigenvalue weighted by Crippen LogP contribution is 2.23. The highest BCUT2D eigenvalue weighted by molar-refractivity contribution is 5.86. The number of phenolic OH excluding ortho intramolecular Hbond substituents is 1. The first-order chi connectivity index (χ1) is 7.58. The number of primary amides is 1. The van der Waals surface area contributed by atoms with Gasteiger partial charge >= 0.3 is 0 Å². The van der Waals surface area contributed by atoms with Gasteiger partial charge in [0.2, 0.25) is 5.91 Å². The fraction of sp³-hybridized carbons (Fsp3) is 0.182. The van der Waals surface area contributed by atoms with Crippen LogP contribution in [0.25, 0.3) is 10.9 Å². The van der Waals surface area contributed by atoms with Crippen LogP contribution >= 0.6 is 12.4 Å². The Hall–Kier alpha value is -1.72. The lowest BCUT2D eigenvalue weighted by atomic mass is 10.1. The average Bonchev–Trinajstić information content (AvgIpc) is 2.61. The largest absolute Gasteiger partial charge is 0.508 e. The van der Waals surface area contributed by atoms with Crippen molar-refractivity contribution in [3.63, 3.8) is 0 Å². The van der Waals surface area contributed by atoms with Gasteiger partial charge in [-0.15, -0.1) is 12.4 Å². The highest BCUT2D eigenvalue weighted by Gasteiger charge is 2.13. The van der Waals surface area contributed by atoms with E-state index in [0.717, 1.165) is 16.5 Å². The van der Waals surface area contributed by atoms with Gasteiger partial charge in [-0.1, -0.05) is 0 Å². The van der Waals surface area contributed by atoms with Crippen LogP contribution in [-0.2, 0) is 11.2 Å². The summed E-state index contributed by atoms with van der Waals surface area (Å²) in [7, 11) is 0. The molecule has 1 aromatic carbocycles. The first kappa shape index (κ1) is 13.3. The smallest absolute Gasteiger partial charge is 0.234 e. The van der Waals surface area contributed by atoms with Gasteiger partial charge in [-0.2, -0.15) is 0 Å². The predicted molar refractivity (Wildman–Crippen MR) is 68.1 cm³/mol. The van der Waals surface area contributed by atoms with Gasteiger partial charge < -0.3 is 21.6 Å². The zero-order valence-electron chi connectivity index (χ0n) is 9.01. The lowest BCUT2D eigenvalue weighted by Gasteiger charge is -2.05.